The first-order valence-electron chi connectivity index (χ1n) is 7.07. The van der Waals surface area contributed by atoms with Gasteiger partial charge in [-0.25, -0.2) is 0 Å². The number of carbonyl (C=O) groups excluding carboxylic acids is 1. The molecule has 3 rings (SSSR count). The summed E-state index contributed by atoms with van der Waals surface area (Å²) in [5.74, 6) is -0.496. The summed E-state index contributed by atoms with van der Waals surface area (Å²) in [6, 6.07) is 5.01. The van der Waals surface area contributed by atoms with Crippen molar-refractivity contribution in [3.63, 3.8) is 0 Å². The van der Waals surface area contributed by atoms with Crippen molar-refractivity contribution in [2.45, 2.75) is 18.5 Å². The number of hydrogen-bond acceptors (Lipinski definition) is 3. The highest BCUT2D eigenvalue weighted by molar-refractivity contribution is 5.84. The lowest BCUT2D eigenvalue weighted by Gasteiger charge is -2.14. The average molecular weight is 324 g/mol. The number of hydrazine groups is 1. The first-order valence-corrected chi connectivity index (χ1v) is 7.07. The van der Waals surface area contributed by atoms with Crippen molar-refractivity contribution in [3.05, 3.63) is 47.8 Å². The maximum absolute atomic E-state index is 12.9. The van der Waals surface area contributed by atoms with E-state index in [2.05, 4.69) is 16.0 Å². The van der Waals surface area contributed by atoms with Crippen LogP contribution in [0.25, 0.3) is 0 Å². The molecule has 1 saturated carbocycles. The van der Waals surface area contributed by atoms with Crippen LogP contribution >= 0.6 is 0 Å². The summed E-state index contributed by atoms with van der Waals surface area (Å²) in [4.78, 5) is 12.0. The zero-order chi connectivity index (χ0) is 16.6. The van der Waals surface area contributed by atoms with Gasteiger partial charge in [0.05, 0.1) is 17.4 Å². The van der Waals surface area contributed by atoms with Crippen LogP contribution in [0.2, 0.25) is 0 Å². The number of carbonyl (C=O) groups is 1. The Hall–Kier alpha value is -2.51. The van der Waals surface area contributed by atoms with Gasteiger partial charge in [0.1, 0.15) is 0 Å². The molecule has 0 unspecified atom stereocenters. The molecule has 0 saturated heterocycles. The van der Waals surface area contributed by atoms with E-state index >= 15 is 0 Å². The predicted molar refractivity (Wildman–Crippen MR) is 77.3 cm³/mol. The zero-order valence-electron chi connectivity index (χ0n) is 12.3. The molecule has 2 aromatic rings. The highest BCUT2D eigenvalue weighted by Crippen LogP contribution is 2.47. The molecule has 0 bridgehead atoms. The lowest BCUT2D eigenvalue weighted by Crippen LogP contribution is -2.32. The second kappa shape index (κ2) is 5.60. The number of halogens is 3. The normalized spacial score (nSPS) is 20.2. The SMILES string of the molecule is Cn1cc([C@@H]2C[C@@H]2C(=O)NNc2ccccc2C(F)(F)F)cn1. The minimum atomic E-state index is -4.48. The Morgan fingerprint density at radius 1 is 1.35 bits per heavy atom. The van der Waals surface area contributed by atoms with Crippen molar-refractivity contribution in [3.8, 4) is 0 Å². The van der Waals surface area contributed by atoms with Crippen LogP contribution < -0.4 is 10.9 Å². The van der Waals surface area contributed by atoms with E-state index < -0.39 is 11.7 Å². The van der Waals surface area contributed by atoms with Gasteiger partial charge in [-0.05, 0) is 30.0 Å². The standard InChI is InChI=1S/C15H15F3N4O/c1-22-8-9(7-19-22)10-6-11(10)14(23)21-20-13-5-3-2-4-12(13)15(16,17)18/h2-5,7-8,10-11,20H,6H2,1H3,(H,21,23)/t10-,11-/m0/s1. The molecular formula is C15H15F3N4O. The Morgan fingerprint density at radius 2 is 2.09 bits per heavy atom. The predicted octanol–water partition coefficient (Wildman–Crippen LogP) is 2.69. The Bertz CT molecular complexity index is 726. The van der Waals surface area contributed by atoms with Gasteiger partial charge in [-0.2, -0.15) is 18.3 Å². The summed E-state index contributed by atoms with van der Waals surface area (Å²) in [7, 11) is 1.79. The molecule has 0 radical (unpaired) electrons. The summed E-state index contributed by atoms with van der Waals surface area (Å²) in [5.41, 5.74) is 4.71. The molecule has 1 heterocycles. The largest absolute Gasteiger partial charge is 0.418 e. The van der Waals surface area contributed by atoms with Crippen molar-refractivity contribution >= 4 is 11.6 Å². The number of aryl methyl sites for hydroxylation is 1. The molecule has 23 heavy (non-hydrogen) atoms. The van der Waals surface area contributed by atoms with Crippen LogP contribution in [0.15, 0.2) is 36.7 Å². The lowest BCUT2D eigenvalue weighted by molar-refractivity contribution is -0.137. The summed E-state index contributed by atoms with van der Waals surface area (Å²) in [5, 5.41) is 4.05. The third-order valence-corrected chi connectivity index (χ3v) is 3.83. The fourth-order valence-electron chi connectivity index (χ4n) is 2.55. The van der Waals surface area contributed by atoms with Crippen molar-refractivity contribution in [1.29, 1.82) is 0 Å². The van der Waals surface area contributed by atoms with Crippen LogP contribution in [0.1, 0.15) is 23.5 Å². The number of aromatic nitrogens is 2. The van der Waals surface area contributed by atoms with E-state index in [4.69, 9.17) is 0 Å². The van der Waals surface area contributed by atoms with Gasteiger partial charge in [-0.15, -0.1) is 0 Å². The van der Waals surface area contributed by atoms with Gasteiger partial charge in [0.2, 0.25) is 5.91 Å². The smallest absolute Gasteiger partial charge is 0.298 e. The lowest BCUT2D eigenvalue weighted by atomic mass is 10.2. The average Bonchev–Trinajstić information content (AvgIpc) is 3.19. The van der Waals surface area contributed by atoms with Crippen molar-refractivity contribution < 1.29 is 18.0 Å². The third-order valence-electron chi connectivity index (χ3n) is 3.83. The Labute approximate surface area is 130 Å². The topological polar surface area (TPSA) is 59.0 Å². The minimum Gasteiger partial charge on any atom is -0.298 e. The van der Waals surface area contributed by atoms with Gasteiger partial charge in [0.15, 0.2) is 0 Å². The third kappa shape index (κ3) is 3.30. The van der Waals surface area contributed by atoms with E-state index in [1.54, 1.807) is 17.9 Å². The fourth-order valence-corrected chi connectivity index (χ4v) is 2.55. The first kappa shape index (κ1) is 15.4. The molecule has 1 amide bonds. The van der Waals surface area contributed by atoms with Crippen molar-refractivity contribution in [2.75, 3.05) is 5.43 Å². The zero-order valence-corrected chi connectivity index (χ0v) is 12.3. The van der Waals surface area contributed by atoms with Gasteiger partial charge < -0.3 is 0 Å². The number of para-hydroxylation sites is 1. The number of amides is 1. The molecule has 2 N–H and O–H groups in total. The molecule has 0 aliphatic heterocycles. The Balaban J connectivity index is 1.61. The number of rotatable bonds is 4. The molecule has 5 nitrogen and oxygen atoms in total. The van der Waals surface area contributed by atoms with Crippen LogP contribution in [0.3, 0.4) is 0 Å². The molecule has 1 aromatic heterocycles. The van der Waals surface area contributed by atoms with Gasteiger partial charge in [-0.1, -0.05) is 12.1 Å². The molecular weight excluding hydrogens is 309 g/mol. The maximum atomic E-state index is 12.9. The first-order chi connectivity index (χ1) is 10.9. The molecule has 0 spiro atoms. The van der Waals surface area contributed by atoms with Crippen LogP contribution in [0.5, 0.6) is 0 Å². The highest BCUT2D eigenvalue weighted by Gasteiger charge is 2.44. The number of nitrogens with one attached hydrogen (secondary N) is 2. The Morgan fingerprint density at radius 3 is 2.74 bits per heavy atom. The van der Waals surface area contributed by atoms with E-state index in [0.29, 0.717) is 6.42 Å². The highest BCUT2D eigenvalue weighted by atomic mass is 19.4. The number of nitrogens with zero attached hydrogens (tertiary/aromatic N) is 2. The molecule has 2 atom stereocenters. The van der Waals surface area contributed by atoms with Crippen LogP contribution in [0.4, 0.5) is 18.9 Å². The number of hydrogen-bond donors (Lipinski definition) is 2. The van der Waals surface area contributed by atoms with E-state index in [-0.39, 0.29) is 23.4 Å². The van der Waals surface area contributed by atoms with Crippen molar-refractivity contribution in [2.24, 2.45) is 13.0 Å². The molecule has 8 heteroatoms. The van der Waals surface area contributed by atoms with Gasteiger partial charge in [0, 0.05) is 19.2 Å². The van der Waals surface area contributed by atoms with Crippen LogP contribution in [-0.4, -0.2) is 15.7 Å². The second-order valence-corrected chi connectivity index (χ2v) is 5.55. The molecule has 1 aliphatic carbocycles. The molecule has 1 aromatic carbocycles. The monoisotopic (exact) mass is 324 g/mol. The summed E-state index contributed by atoms with van der Waals surface area (Å²) < 4.78 is 40.3. The van der Waals surface area contributed by atoms with Crippen LogP contribution in [0, 0.1) is 5.92 Å². The number of benzene rings is 1. The fraction of sp³-hybridized carbons (Fsp3) is 0.333. The summed E-state index contributed by atoms with van der Waals surface area (Å²) in [6.07, 6.45) is -0.277. The quantitative estimate of drug-likeness (QED) is 0.850. The van der Waals surface area contributed by atoms with E-state index in [1.807, 2.05) is 6.20 Å². The maximum Gasteiger partial charge on any atom is 0.418 e. The number of anilines is 1. The van der Waals surface area contributed by atoms with E-state index in [9.17, 15) is 18.0 Å². The van der Waals surface area contributed by atoms with E-state index in [1.165, 1.54) is 18.2 Å². The van der Waals surface area contributed by atoms with Gasteiger partial charge in [-0.3, -0.25) is 20.3 Å². The van der Waals surface area contributed by atoms with Gasteiger partial charge in [0.25, 0.3) is 0 Å². The molecule has 1 fully saturated rings. The summed E-state index contributed by atoms with van der Waals surface area (Å²) >= 11 is 0. The number of alkyl halides is 3. The second-order valence-electron chi connectivity index (χ2n) is 5.55. The van der Waals surface area contributed by atoms with Crippen molar-refractivity contribution in [1.82, 2.24) is 15.2 Å². The Kier molecular flexibility index (Phi) is 3.75. The van der Waals surface area contributed by atoms with E-state index in [0.717, 1.165) is 11.6 Å². The summed E-state index contributed by atoms with van der Waals surface area (Å²) in [6.45, 7) is 0. The van der Waals surface area contributed by atoms with Crippen LogP contribution in [-0.2, 0) is 18.0 Å². The van der Waals surface area contributed by atoms with Gasteiger partial charge >= 0.3 is 6.18 Å². The minimum absolute atomic E-state index is 0.0726. The molecule has 122 valence electrons. The molecule has 1 aliphatic rings.